The lowest BCUT2D eigenvalue weighted by Gasteiger charge is -2.15. The van der Waals surface area contributed by atoms with Crippen molar-refractivity contribution in [2.75, 3.05) is 5.43 Å². The normalized spacial score (nSPS) is 10.8. The number of nitrogens with one attached hydrogen (secondary N) is 1. The van der Waals surface area contributed by atoms with Gasteiger partial charge in [0.25, 0.3) is 0 Å². The molecule has 0 aliphatic carbocycles. The average molecular weight is 390 g/mol. The number of hydrogen-bond acceptors (Lipinski definition) is 4. The van der Waals surface area contributed by atoms with Gasteiger partial charge in [-0.2, -0.15) is 0 Å². The van der Waals surface area contributed by atoms with E-state index in [9.17, 15) is 0 Å². The van der Waals surface area contributed by atoms with Gasteiger partial charge in [-0.1, -0.05) is 0 Å². The Morgan fingerprint density at radius 1 is 1.21 bits per heavy atom. The summed E-state index contributed by atoms with van der Waals surface area (Å²) in [7, 11) is 0. The highest BCUT2D eigenvalue weighted by Crippen LogP contribution is 2.35. The summed E-state index contributed by atoms with van der Waals surface area (Å²) in [4.78, 5) is 0. The van der Waals surface area contributed by atoms with E-state index >= 15 is 0 Å². The van der Waals surface area contributed by atoms with Crippen LogP contribution in [-0.4, -0.2) is 21.0 Å². The quantitative estimate of drug-likeness (QED) is 0.851. The second-order valence-corrected chi connectivity index (χ2v) is 5.97. The predicted molar refractivity (Wildman–Crippen MR) is 80.7 cm³/mol. The van der Waals surface area contributed by atoms with Crippen LogP contribution in [0, 0.1) is 0 Å². The van der Waals surface area contributed by atoms with E-state index in [1.807, 2.05) is 26.0 Å². The fourth-order valence-electron chi connectivity index (χ4n) is 1.53. The first-order chi connectivity index (χ1) is 9.06. The van der Waals surface area contributed by atoms with Crippen LogP contribution in [0.5, 0.6) is 5.75 Å². The van der Waals surface area contributed by atoms with Crippen molar-refractivity contribution in [2.45, 2.75) is 26.5 Å². The van der Waals surface area contributed by atoms with Crippen LogP contribution < -0.4 is 10.2 Å². The van der Waals surface area contributed by atoms with E-state index in [0.29, 0.717) is 6.54 Å². The van der Waals surface area contributed by atoms with Gasteiger partial charge in [0.1, 0.15) is 18.4 Å². The van der Waals surface area contributed by atoms with Crippen LogP contribution in [0.15, 0.2) is 33.7 Å². The number of rotatable bonds is 5. The van der Waals surface area contributed by atoms with Crippen molar-refractivity contribution >= 4 is 31.9 Å². The third-order valence-electron chi connectivity index (χ3n) is 2.30. The van der Waals surface area contributed by atoms with Gasteiger partial charge in [-0.25, -0.2) is 4.68 Å². The molecule has 5 nitrogen and oxygen atoms in total. The van der Waals surface area contributed by atoms with Gasteiger partial charge in [0.05, 0.1) is 21.6 Å². The third-order valence-corrected chi connectivity index (χ3v) is 3.47. The maximum absolute atomic E-state index is 5.74. The van der Waals surface area contributed by atoms with E-state index < -0.39 is 0 Å². The van der Waals surface area contributed by atoms with E-state index in [-0.39, 0.29) is 6.10 Å². The fraction of sp³-hybridized carbons (Fsp3) is 0.333. The van der Waals surface area contributed by atoms with E-state index in [2.05, 4.69) is 47.5 Å². The Morgan fingerprint density at radius 2 is 1.79 bits per heavy atom. The minimum Gasteiger partial charge on any atom is -0.489 e. The summed E-state index contributed by atoms with van der Waals surface area (Å²) in [5.41, 5.74) is 4.28. The molecular weight excluding hydrogens is 376 g/mol. The summed E-state index contributed by atoms with van der Waals surface area (Å²) in [6, 6.07) is 4.06. The molecule has 0 aliphatic heterocycles. The van der Waals surface area contributed by atoms with Gasteiger partial charge >= 0.3 is 0 Å². The topological polar surface area (TPSA) is 52.0 Å². The predicted octanol–water partition coefficient (Wildman–Crippen LogP) is 3.33. The SMILES string of the molecule is CC(C)Oc1c(Br)cc(CNn2cnnc2)cc1Br. The van der Waals surface area contributed by atoms with Crippen molar-refractivity contribution in [3.05, 3.63) is 39.3 Å². The van der Waals surface area contributed by atoms with Crippen LogP contribution in [0.1, 0.15) is 19.4 Å². The maximum Gasteiger partial charge on any atom is 0.148 e. The first-order valence-electron chi connectivity index (χ1n) is 5.79. The Morgan fingerprint density at radius 3 is 2.32 bits per heavy atom. The number of hydrogen-bond donors (Lipinski definition) is 1. The van der Waals surface area contributed by atoms with Crippen molar-refractivity contribution in [1.29, 1.82) is 0 Å². The molecule has 1 aromatic heterocycles. The van der Waals surface area contributed by atoms with Crippen molar-refractivity contribution in [1.82, 2.24) is 14.9 Å². The fourth-order valence-corrected chi connectivity index (χ4v) is 3.00. The molecule has 7 heteroatoms. The smallest absolute Gasteiger partial charge is 0.148 e. The van der Waals surface area contributed by atoms with Crippen molar-refractivity contribution in [3.63, 3.8) is 0 Å². The Labute approximate surface area is 128 Å². The molecule has 0 amide bonds. The van der Waals surface area contributed by atoms with Crippen LogP contribution in [-0.2, 0) is 6.54 Å². The molecule has 0 atom stereocenters. The van der Waals surface area contributed by atoms with Gasteiger partial charge in [-0.05, 0) is 63.4 Å². The minimum atomic E-state index is 0.133. The minimum absolute atomic E-state index is 0.133. The molecule has 0 radical (unpaired) electrons. The molecule has 19 heavy (non-hydrogen) atoms. The van der Waals surface area contributed by atoms with Gasteiger partial charge < -0.3 is 10.2 Å². The molecular formula is C12H14Br2N4O. The van der Waals surface area contributed by atoms with E-state index in [1.165, 1.54) is 0 Å². The van der Waals surface area contributed by atoms with Crippen molar-refractivity contribution in [3.8, 4) is 5.75 Å². The zero-order chi connectivity index (χ0) is 13.8. The third kappa shape index (κ3) is 3.94. The Hall–Kier alpha value is -1.08. The molecule has 1 heterocycles. The molecule has 0 saturated heterocycles. The van der Waals surface area contributed by atoms with Gasteiger partial charge in [0.2, 0.25) is 0 Å². The average Bonchev–Trinajstić information content (AvgIpc) is 2.84. The largest absolute Gasteiger partial charge is 0.489 e. The van der Waals surface area contributed by atoms with Crippen LogP contribution in [0.3, 0.4) is 0 Å². The second kappa shape index (κ2) is 6.38. The van der Waals surface area contributed by atoms with Crippen molar-refractivity contribution in [2.24, 2.45) is 0 Å². The molecule has 0 saturated carbocycles. The molecule has 0 fully saturated rings. The lowest BCUT2D eigenvalue weighted by molar-refractivity contribution is 0.239. The summed E-state index contributed by atoms with van der Waals surface area (Å²) in [6.07, 6.45) is 3.36. The summed E-state index contributed by atoms with van der Waals surface area (Å²) < 4.78 is 9.30. The molecule has 0 spiro atoms. The Balaban J connectivity index is 2.10. The number of benzene rings is 1. The van der Waals surface area contributed by atoms with E-state index in [4.69, 9.17) is 4.74 Å². The van der Waals surface area contributed by atoms with Crippen LogP contribution in [0.4, 0.5) is 0 Å². The number of halogens is 2. The first kappa shape index (κ1) is 14.3. The van der Waals surface area contributed by atoms with E-state index in [1.54, 1.807) is 17.3 Å². The second-order valence-electron chi connectivity index (χ2n) is 4.26. The van der Waals surface area contributed by atoms with Crippen LogP contribution in [0.25, 0.3) is 0 Å². The summed E-state index contributed by atoms with van der Waals surface area (Å²) in [5, 5.41) is 7.46. The Bertz CT molecular complexity index is 520. The van der Waals surface area contributed by atoms with Gasteiger partial charge in [0.15, 0.2) is 0 Å². The highest BCUT2D eigenvalue weighted by molar-refractivity contribution is 9.11. The summed E-state index contributed by atoms with van der Waals surface area (Å²) >= 11 is 7.06. The van der Waals surface area contributed by atoms with Crippen LogP contribution in [0.2, 0.25) is 0 Å². The zero-order valence-corrected chi connectivity index (χ0v) is 13.8. The standard InChI is InChI=1S/C12H14Br2N4O/c1-8(2)19-12-10(13)3-9(4-11(12)14)5-17-18-6-15-16-7-18/h3-4,6-8,17H,5H2,1-2H3. The van der Waals surface area contributed by atoms with Gasteiger partial charge in [0, 0.05) is 0 Å². The molecule has 2 aromatic rings. The molecule has 0 aliphatic rings. The highest BCUT2D eigenvalue weighted by atomic mass is 79.9. The molecule has 1 N–H and O–H groups in total. The number of nitrogens with zero attached hydrogens (tertiary/aromatic N) is 3. The summed E-state index contributed by atoms with van der Waals surface area (Å²) in [6.45, 7) is 4.66. The zero-order valence-electron chi connectivity index (χ0n) is 10.6. The lowest BCUT2D eigenvalue weighted by Crippen LogP contribution is -2.12. The number of ether oxygens (including phenoxy) is 1. The van der Waals surface area contributed by atoms with Gasteiger partial charge in [-0.3, -0.25) is 0 Å². The molecule has 0 bridgehead atoms. The summed E-state index contributed by atoms with van der Waals surface area (Å²) in [5.74, 6) is 0.822. The van der Waals surface area contributed by atoms with Gasteiger partial charge in [-0.15, -0.1) is 10.2 Å². The van der Waals surface area contributed by atoms with Crippen LogP contribution >= 0.6 is 31.9 Å². The molecule has 2 rings (SSSR count). The lowest BCUT2D eigenvalue weighted by atomic mass is 10.2. The molecule has 102 valence electrons. The van der Waals surface area contributed by atoms with E-state index in [0.717, 1.165) is 20.3 Å². The maximum atomic E-state index is 5.74. The first-order valence-corrected chi connectivity index (χ1v) is 7.38. The molecule has 1 aromatic carbocycles. The monoisotopic (exact) mass is 388 g/mol. The Kier molecular flexibility index (Phi) is 4.81. The van der Waals surface area contributed by atoms with Crippen molar-refractivity contribution < 1.29 is 4.74 Å². The highest BCUT2D eigenvalue weighted by Gasteiger charge is 2.10. The molecule has 0 unspecified atom stereocenters. The number of aromatic nitrogens is 3.